The number of aromatic nitrogens is 1. The second-order valence-corrected chi connectivity index (χ2v) is 5.21. The normalized spacial score (nSPS) is 18.2. The number of nitrogens with zero attached hydrogens (tertiary/aromatic N) is 2. The zero-order valence-electron chi connectivity index (χ0n) is 9.70. The molecule has 1 aliphatic carbocycles. The van der Waals surface area contributed by atoms with Gasteiger partial charge in [0.15, 0.2) is 0 Å². The van der Waals surface area contributed by atoms with Crippen LogP contribution in [0.1, 0.15) is 25.3 Å². The molecule has 0 aromatic carbocycles. The third-order valence-corrected chi connectivity index (χ3v) is 3.41. The van der Waals surface area contributed by atoms with Crippen molar-refractivity contribution < 1.29 is 0 Å². The Kier molecular flexibility index (Phi) is 3.23. The van der Waals surface area contributed by atoms with E-state index in [-0.39, 0.29) is 5.54 Å². The summed E-state index contributed by atoms with van der Waals surface area (Å²) < 4.78 is 0. The van der Waals surface area contributed by atoms with Crippen LogP contribution in [-0.4, -0.2) is 17.1 Å². The number of rotatable bonds is 4. The van der Waals surface area contributed by atoms with Crippen molar-refractivity contribution in [1.29, 1.82) is 5.26 Å². The van der Waals surface area contributed by atoms with Gasteiger partial charge in [0.1, 0.15) is 11.9 Å². The molecular weight excluding hydrogens is 236 g/mol. The van der Waals surface area contributed by atoms with Gasteiger partial charge in [0.2, 0.25) is 0 Å². The number of nitrogens with two attached hydrogens (primary N) is 1. The Hall–Kier alpha value is -1.31. The van der Waals surface area contributed by atoms with Crippen LogP contribution in [0.3, 0.4) is 0 Å². The van der Waals surface area contributed by atoms with Crippen molar-refractivity contribution in [1.82, 2.24) is 4.98 Å². The number of hydrogen-bond donors (Lipinski definition) is 2. The van der Waals surface area contributed by atoms with Crippen molar-refractivity contribution in [3.8, 4) is 6.07 Å². The first-order chi connectivity index (χ1) is 8.03. The lowest BCUT2D eigenvalue weighted by Gasteiger charge is -2.25. The first kappa shape index (κ1) is 12.2. The fourth-order valence-electron chi connectivity index (χ4n) is 1.79. The fourth-order valence-corrected chi connectivity index (χ4v) is 2.02. The molecule has 0 spiro atoms. The van der Waals surface area contributed by atoms with Crippen LogP contribution in [0.5, 0.6) is 0 Å². The Morgan fingerprint density at radius 1 is 1.71 bits per heavy atom. The van der Waals surface area contributed by atoms with E-state index in [4.69, 9.17) is 22.6 Å². The van der Waals surface area contributed by atoms with E-state index in [2.05, 4.69) is 10.3 Å². The largest absolute Gasteiger partial charge is 0.367 e. The smallest absolute Gasteiger partial charge is 0.144 e. The number of hydrogen-bond acceptors (Lipinski definition) is 4. The highest BCUT2D eigenvalue weighted by Gasteiger charge is 2.38. The Labute approximate surface area is 106 Å². The van der Waals surface area contributed by atoms with E-state index in [1.54, 1.807) is 6.07 Å². The molecule has 5 heteroatoms. The van der Waals surface area contributed by atoms with Crippen molar-refractivity contribution in [3.63, 3.8) is 0 Å². The molecule has 0 radical (unpaired) electrons. The summed E-state index contributed by atoms with van der Waals surface area (Å²) in [7, 11) is 0. The van der Waals surface area contributed by atoms with Crippen LogP contribution >= 0.6 is 11.6 Å². The lowest BCUT2D eigenvalue weighted by molar-refractivity contribution is 0.431. The molecule has 1 aromatic rings. The van der Waals surface area contributed by atoms with Crippen molar-refractivity contribution in [2.24, 2.45) is 11.7 Å². The SMILES string of the molecule is CC(N)(CNc1ncc(C#N)cc1Cl)C1CC1. The third kappa shape index (κ3) is 2.87. The van der Waals surface area contributed by atoms with Crippen LogP contribution in [0.4, 0.5) is 5.82 Å². The van der Waals surface area contributed by atoms with Crippen LogP contribution in [0, 0.1) is 17.2 Å². The molecule has 4 nitrogen and oxygen atoms in total. The summed E-state index contributed by atoms with van der Waals surface area (Å²) in [5, 5.41) is 12.3. The molecule has 1 saturated carbocycles. The monoisotopic (exact) mass is 250 g/mol. The molecule has 0 aliphatic heterocycles. The molecule has 0 bridgehead atoms. The zero-order valence-corrected chi connectivity index (χ0v) is 10.5. The number of nitriles is 1. The lowest BCUT2D eigenvalue weighted by Crippen LogP contribution is -2.45. The third-order valence-electron chi connectivity index (χ3n) is 3.12. The Morgan fingerprint density at radius 2 is 2.41 bits per heavy atom. The van der Waals surface area contributed by atoms with Gasteiger partial charge in [0.05, 0.1) is 10.6 Å². The molecule has 2 rings (SSSR count). The van der Waals surface area contributed by atoms with Gasteiger partial charge in [-0.25, -0.2) is 4.98 Å². The maximum Gasteiger partial charge on any atom is 0.144 e. The predicted octanol–water partition coefficient (Wildman–Crippen LogP) is 2.15. The van der Waals surface area contributed by atoms with Gasteiger partial charge < -0.3 is 11.1 Å². The molecule has 0 amide bonds. The lowest BCUT2D eigenvalue weighted by atomic mass is 9.97. The molecular formula is C12H15ClN4. The number of anilines is 1. The standard InChI is InChI=1S/C12H15ClN4/c1-12(15,9-2-3-9)7-17-11-10(13)4-8(5-14)6-16-11/h4,6,9H,2-3,7,15H2,1H3,(H,16,17). The Bertz CT molecular complexity index is 460. The minimum absolute atomic E-state index is 0.223. The molecule has 3 N–H and O–H groups in total. The van der Waals surface area contributed by atoms with Crippen molar-refractivity contribution in [3.05, 3.63) is 22.8 Å². The molecule has 1 fully saturated rings. The Balaban J connectivity index is 2.02. The predicted molar refractivity (Wildman–Crippen MR) is 67.8 cm³/mol. The Morgan fingerprint density at radius 3 is 2.94 bits per heavy atom. The quantitative estimate of drug-likeness (QED) is 0.859. The minimum Gasteiger partial charge on any atom is -0.367 e. The maximum atomic E-state index is 8.70. The minimum atomic E-state index is -0.223. The maximum absolute atomic E-state index is 8.70. The van der Waals surface area contributed by atoms with Gasteiger partial charge >= 0.3 is 0 Å². The van der Waals surface area contributed by atoms with E-state index in [0.29, 0.717) is 28.9 Å². The average Bonchev–Trinajstić information content (AvgIpc) is 3.11. The van der Waals surface area contributed by atoms with Crippen molar-refractivity contribution in [2.45, 2.75) is 25.3 Å². The van der Waals surface area contributed by atoms with Gasteiger partial charge in [-0.2, -0.15) is 5.26 Å². The van der Waals surface area contributed by atoms with Gasteiger partial charge in [-0.1, -0.05) is 11.6 Å². The van der Waals surface area contributed by atoms with Crippen LogP contribution in [0.25, 0.3) is 0 Å². The average molecular weight is 251 g/mol. The van der Waals surface area contributed by atoms with Gasteiger partial charge in [-0.3, -0.25) is 0 Å². The van der Waals surface area contributed by atoms with Crippen molar-refractivity contribution >= 4 is 17.4 Å². The highest BCUT2D eigenvalue weighted by Crippen LogP contribution is 2.38. The van der Waals surface area contributed by atoms with E-state index < -0.39 is 0 Å². The fraction of sp³-hybridized carbons (Fsp3) is 0.500. The molecule has 90 valence electrons. The van der Waals surface area contributed by atoms with Crippen molar-refractivity contribution in [2.75, 3.05) is 11.9 Å². The van der Waals surface area contributed by atoms with Crippen LogP contribution in [0.2, 0.25) is 5.02 Å². The summed E-state index contributed by atoms with van der Waals surface area (Å²) in [5.74, 6) is 1.18. The number of pyridine rings is 1. The summed E-state index contributed by atoms with van der Waals surface area (Å²) in [5.41, 5.74) is 6.42. The van der Waals surface area contributed by atoms with Gasteiger partial charge in [0, 0.05) is 18.3 Å². The summed E-state index contributed by atoms with van der Waals surface area (Å²) in [6, 6.07) is 3.60. The van der Waals surface area contributed by atoms with Gasteiger partial charge in [-0.15, -0.1) is 0 Å². The highest BCUT2D eigenvalue weighted by atomic mass is 35.5. The second-order valence-electron chi connectivity index (χ2n) is 4.80. The summed E-state index contributed by atoms with van der Waals surface area (Å²) in [6.45, 7) is 2.67. The van der Waals surface area contributed by atoms with E-state index in [1.165, 1.54) is 19.0 Å². The second kappa shape index (κ2) is 4.52. The number of nitrogens with one attached hydrogen (secondary N) is 1. The van der Waals surface area contributed by atoms with Gasteiger partial charge in [-0.05, 0) is 31.7 Å². The molecule has 1 unspecified atom stereocenters. The molecule has 1 heterocycles. The first-order valence-electron chi connectivity index (χ1n) is 5.61. The zero-order chi connectivity index (χ0) is 12.5. The van der Waals surface area contributed by atoms with Crippen LogP contribution in [-0.2, 0) is 0 Å². The summed E-state index contributed by atoms with van der Waals surface area (Å²) >= 11 is 6.02. The summed E-state index contributed by atoms with van der Waals surface area (Å²) in [6.07, 6.45) is 3.89. The van der Waals surface area contributed by atoms with Crippen LogP contribution < -0.4 is 11.1 Å². The van der Waals surface area contributed by atoms with E-state index >= 15 is 0 Å². The van der Waals surface area contributed by atoms with Gasteiger partial charge in [0.25, 0.3) is 0 Å². The van der Waals surface area contributed by atoms with E-state index in [0.717, 1.165) is 0 Å². The molecule has 1 aromatic heterocycles. The molecule has 1 atom stereocenters. The topological polar surface area (TPSA) is 74.7 Å². The molecule has 1 aliphatic rings. The first-order valence-corrected chi connectivity index (χ1v) is 5.99. The summed E-state index contributed by atoms with van der Waals surface area (Å²) in [4.78, 5) is 4.11. The van der Waals surface area contributed by atoms with E-state index in [1.807, 2.05) is 13.0 Å². The van der Waals surface area contributed by atoms with Crippen LogP contribution in [0.15, 0.2) is 12.3 Å². The van der Waals surface area contributed by atoms with E-state index in [9.17, 15) is 0 Å². The molecule has 17 heavy (non-hydrogen) atoms. The molecule has 0 saturated heterocycles. The highest BCUT2D eigenvalue weighted by molar-refractivity contribution is 6.33. The number of halogens is 1.